The minimum atomic E-state index is 0.648. The van der Waals surface area contributed by atoms with Crippen LogP contribution >= 0.6 is 0 Å². The quantitative estimate of drug-likeness (QED) is 0.522. The van der Waals surface area contributed by atoms with Crippen molar-refractivity contribution in [2.75, 3.05) is 45.9 Å². The van der Waals surface area contributed by atoms with Gasteiger partial charge in [-0.2, -0.15) is 0 Å². The highest BCUT2D eigenvalue weighted by molar-refractivity contribution is 4.96. The van der Waals surface area contributed by atoms with Crippen LogP contribution in [0.3, 0.4) is 0 Å². The van der Waals surface area contributed by atoms with Crippen molar-refractivity contribution in [2.45, 2.75) is 33.7 Å². The summed E-state index contributed by atoms with van der Waals surface area (Å²) in [5.74, 6) is 0. The van der Waals surface area contributed by atoms with Gasteiger partial charge in [0.15, 0.2) is 0 Å². The van der Waals surface area contributed by atoms with Crippen LogP contribution < -0.4 is 0 Å². The maximum absolute atomic E-state index is 5.43. The first-order valence-electron chi connectivity index (χ1n) is 6.81. The van der Waals surface area contributed by atoms with Crippen LogP contribution in [0.25, 0.3) is 0 Å². The van der Waals surface area contributed by atoms with Gasteiger partial charge in [-0.3, -0.25) is 9.80 Å². The molecule has 0 amide bonds. The predicted molar refractivity (Wildman–Crippen MR) is 73.4 cm³/mol. The van der Waals surface area contributed by atoms with Crippen LogP contribution in [-0.4, -0.2) is 61.8 Å². The van der Waals surface area contributed by atoms with Crippen molar-refractivity contribution in [2.24, 2.45) is 0 Å². The molecular weight excluding hydrogens is 212 g/mol. The summed E-state index contributed by atoms with van der Waals surface area (Å²) in [6, 6.07) is 0.648. The molecule has 1 fully saturated rings. The normalized spacial score (nSPS) is 22.7. The zero-order valence-corrected chi connectivity index (χ0v) is 11.9. The number of ether oxygens (including phenoxy) is 1. The Labute approximate surface area is 106 Å². The number of hydrogen-bond donors (Lipinski definition) is 0. The van der Waals surface area contributed by atoms with Gasteiger partial charge >= 0.3 is 0 Å². The molecule has 0 aromatic heterocycles. The molecule has 3 nitrogen and oxygen atoms in total. The van der Waals surface area contributed by atoms with E-state index in [1.807, 2.05) is 0 Å². The summed E-state index contributed by atoms with van der Waals surface area (Å²) in [5.41, 5.74) is 1.41. The Bertz CT molecular complexity index is 236. The fourth-order valence-corrected chi connectivity index (χ4v) is 2.21. The minimum Gasteiger partial charge on any atom is -0.380 e. The van der Waals surface area contributed by atoms with Crippen molar-refractivity contribution in [3.8, 4) is 0 Å². The fraction of sp³-hybridized carbons (Fsp3) is 0.857. The maximum atomic E-state index is 5.43. The van der Waals surface area contributed by atoms with E-state index in [4.69, 9.17) is 4.74 Å². The molecule has 0 unspecified atom stereocenters. The predicted octanol–water partition coefficient (Wildman–Crippen LogP) is 2.00. The average Bonchev–Trinajstić information content (AvgIpc) is 2.29. The lowest BCUT2D eigenvalue weighted by Gasteiger charge is -2.39. The number of allylic oxidation sites excluding steroid dienone is 1. The third-order valence-electron chi connectivity index (χ3n) is 3.33. The molecule has 0 spiro atoms. The molecule has 1 saturated heterocycles. The molecule has 1 atom stereocenters. The maximum Gasteiger partial charge on any atom is 0.0593 e. The van der Waals surface area contributed by atoms with E-state index in [9.17, 15) is 0 Å². The molecule has 0 saturated carbocycles. The van der Waals surface area contributed by atoms with Gasteiger partial charge in [-0.1, -0.05) is 11.6 Å². The SMILES string of the molecule is CCOCCN1CCN(CC=C(C)C)C[C@H]1C. The summed E-state index contributed by atoms with van der Waals surface area (Å²) < 4.78 is 5.43. The second-order valence-electron chi connectivity index (χ2n) is 5.12. The molecule has 17 heavy (non-hydrogen) atoms. The monoisotopic (exact) mass is 240 g/mol. The third-order valence-corrected chi connectivity index (χ3v) is 3.33. The largest absolute Gasteiger partial charge is 0.380 e. The standard InChI is InChI=1S/C14H28N2O/c1-5-17-11-10-16-9-8-15(12-14(16)4)7-6-13(2)3/h6,14H,5,7-12H2,1-4H3/t14-/m1/s1. The van der Waals surface area contributed by atoms with Gasteiger partial charge in [0.1, 0.15) is 0 Å². The van der Waals surface area contributed by atoms with Gasteiger partial charge in [0.2, 0.25) is 0 Å². The van der Waals surface area contributed by atoms with Gasteiger partial charge in [-0.15, -0.1) is 0 Å². The summed E-state index contributed by atoms with van der Waals surface area (Å²) in [6.07, 6.45) is 2.32. The molecule has 100 valence electrons. The summed E-state index contributed by atoms with van der Waals surface area (Å²) in [7, 11) is 0. The average molecular weight is 240 g/mol. The molecule has 1 heterocycles. The zero-order valence-electron chi connectivity index (χ0n) is 11.9. The first kappa shape index (κ1) is 14.7. The molecule has 3 heteroatoms. The molecular formula is C14H28N2O. The fourth-order valence-electron chi connectivity index (χ4n) is 2.21. The Morgan fingerprint density at radius 1 is 1.35 bits per heavy atom. The first-order chi connectivity index (χ1) is 8.13. The second-order valence-corrected chi connectivity index (χ2v) is 5.12. The first-order valence-corrected chi connectivity index (χ1v) is 6.81. The van der Waals surface area contributed by atoms with Gasteiger partial charge in [0.25, 0.3) is 0 Å². The van der Waals surface area contributed by atoms with E-state index in [0.29, 0.717) is 6.04 Å². The van der Waals surface area contributed by atoms with Crippen molar-refractivity contribution in [3.63, 3.8) is 0 Å². The molecule has 1 aliphatic heterocycles. The lowest BCUT2D eigenvalue weighted by Crippen LogP contribution is -2.52. The lowest BCUT2D eigenvalue weighted by molar-refractivity contribution is 0.0534. The molecule has 1 aliphatic rings. The summed E-state index contributed by atoms with van der Waals surface area (Å²) in [5, 5.41) is 0. The van der Waals surface area contributed by atoms with Crippen LogP contribution in [0.4, 0.5) is 0 Å². The Morgan fingerprint density at radius 2 is 2.12 bits per heavy atom. The zero-order chi connectivity index (χ0) is 12.7. The Hall–Kier alpha value is -0.380. The molecule has 0 N–H and O–H groups in total. The number of piperazine rings is 1. The Kier molecular flexibility index (Phi) is 6.78. The second kappa shape index (κ2) is 7.85. The number of rotatable bonds is 6. The molecule has 0 aliphatic carbocycles. The topological polar surface area (TPSA) is 15.7 Å². The molecule has 0 radical (unpaired) electrons. The third kappa shape index (κ3) is 5.66. The highest BCUT2D eigenvalue weighted by Crippen LogP contribution is 2.09. The van der Waals surface area contributed by atoms with E-state index in [1.165, 1.54) is 25.2 Å². The minimum absolute atomic E-state index is 0.648. The molecule has 1 rings (SSSR count). The van der Waals surface area contributed by atoms with Crippen LogP contribution in [0.5, 0.6) is 0 Å². The lowest BCUT2D eigenvalue weighted by atomic mass is 10.2. The van der Waals surface area contributed by atoms with Crippen molar-refractivity contribution in [3.05, 3.63) is 11.6 Å². The van der Waals surface area contributed by atoms with E-state index >= 15 is 0 Å². The molecule has 0 aromatic rings. The smallest absolute Gasteiger partial charge is 0.0593 e. The Morgan fingerprint density at radius 3 is 2.71 bits per heavy atom. The highest BCUT2D eigenvalue weighted by Gasteiger charge is 2.22. The van der Waals surface area contributed by atoms with Crippen LogP contribution in [-0.2, 0) is 4.74 Å². The highest BCUT2D eigenvalue weighted by atomic mass is 16.5. The van der Waals surface area contributed by atoms with Crippen molar-refractivity contribution < 1.29 is 4.74 Å². The van der Waals surface area contributed by atoms with Crippen molar-refractivity contribution in [1.29, 1.82) is 0 Å². The van der Waals surface area contributed by atoms with Gasteiger partial charge in [0, 0.05) is 45.4 Å². The van der Waals surface area contributed by atoms with E-state index < -0.39 is 0 Å². The van der Waals surface area contributed by atoms with E-state index in [0.717, 1.165) is 26.3 Å². The summed E-state index contributed by atoms with van der Waals surface area (Å²) in [6.45, 7) is 16.1. The van der Waals surface area contributed by atoms with Gasteiger partial charge in [-0.05, 0) is 27.7 Å². The van der Waals surface area contributed by atoms with E-state index in [-0.39, 0.29) is 0 Å². The summed E-state index contributed by atoms with van der Waals surface area (Å²) >= 11 is 0. The molecule has 0 bridgehead atoms. The van der Waals surface area contributed by atoms with Crippen LogP contribution in [0.1, 0.15) is 27.7 Å². The Balaban J connectivity index is 2.26. The van der Waals surface area contributed by atoms with Crippen molar-refractivity contribution >= 4 is 0 Å². The van der Waals surface area contributed by atoms with Crippen LogP contribution in [0.15, 0.2) is 11.6 Å². The van der Waals surface area contributed by atoms with Gasteiger partial charge in [0.05, 0.1) is 6.61 Å². The molecule has 0 aromatic carbocycles. The summed E-state index contributed by atoms with van der Waals surface area (Å²) in [4.78, 5) is 5.07. The van der Waals surface area contributed by atoms with Gasteiger partial charge in [-0.25, -0.2) is 0 Å². The van der Waals surface area contributed by atoms with E-state index in [2.05, 4.69) is 43.6 Å². The number of hydrogen-bond acceptors (Lipinski definition) is 3. The van der Waals surface area contributed by atoms with Gasteiger partial charge < -0.3 is 4.74 Å². The van der Waals surface area contributed by atoms with Crippen LogP contribution in [0.2, 0.25) is 0 Å². The van der Waals surface area contributed by atoms with E-state index in [1.54, 1.807) is 0 Å². The van der Waals surface area contributed by atoms with Crippen LogP contribution in [0, 0.1) is 0 Å². The number of nitrogens with zero attached hydrogens (tertiary/aromatic N) is 2. The van der Waals surface area contributed by atoms with Crippen molar-refractivity contribution in [1.82, 2.24) is 9.80 Å².